The van der Waals surface area contributed by atoms with E-state index >= 15 is 0 Å². The zero-order valence-corrected chi connectivity index (χ0v) is 13.7. The Morgan fingerprint density at radius 1 is 1.12 bits per heavy atom. The van der Waals surface area contributed by atoms with Crippen molar-refractivity contribution in [3.8, 4) is 0 Å². The molecule has 0 fully saturated rings. The van der Waals surface area contributed by atoms with Gasteiger partial charge in [-0.2, -0.15) is 0 Å². The number of carbonyl (C=O) groups excluding carboxylic acids is 1. The molecule has 0 spiro atoms. The second kappa shape index (κ2) is 7.44. The van der Waals surface area contributed by atoms with Gasteiger partial charge in [0.25, 0.3) is 0 Å². The van der Waals surface area contributed by atoms with Gasteiger partial charge in [-0.05, 0) is 35.4 Å². The smallest absolute Gasteiger partial charge is 0.247 e. The summed E-state index contributed by atoms with van der Waals surface area (Å²) in [7, 11) is 0. The zero-order chi connectivity index (χ0) is 17.8. The van der Waals surface area contributed by atoms with Crippen molar-refractivity contribution >= 4 is 17.2 Å². The molecule has 25 heavy (non-hydrogen) atoms. The number of anilines is 1. The molecule has 2 atom stereocenters. The van der Waals surface area contributed by atoms with Crippen LogP contribution in [-0.2, 0) is 11.3 Å². The molecule has 1 heterocycles. The van der Waals surface area contributed by atoms with E-state index in [0.717, 1.165) is 11.1 Å². The van der Waals surface area contributed by atoms with Crippen molar-refractivity contribution in [2.24, 2.45) is 0 Å². The van der Waals surface area contributed by atoms with Crippen LogP contribution in [0.1, 0.15) is 11.1 Å². The van der Waals surface area contributed by atoms with Gasteiger partial charge >= 0.3 is 0 Å². The fraction of sp³-hybridized carbons (Fsp3) is 0.150. The molecule has 3 N–H and O–H groups in total. The highest BCUT2D eigenvalue weighted by Crippen LogP contribution is 2.30. The number of rotatable bonds is 5. The molecule has 1 aliphatic rings. The summed E-state index contributed by atoms with van der Waals surface area (Å²) in [6.07, 6.45) is 1.14. The number of aliphatic hydroxyl groups is 2. The average Bonchev–Trinajstić information content (AvgIpc) is 2.92. The highest BCUT2D eigenvalue weighted by atomic mass is 16.3. The summed E-state index contributed by atoms with van der Waals surface area (Å²) in [6.45, 7) is 3.79. The topological polar surface area (TPSA) is 72.8 Å². The largest absolute Gasteiger partial charge is 0.375 e. The molecule has 0 saturated heterocycles. The first-order valence-corrected chi connectivity index (χ1v) is 8.00. The van der Waals surface area contributed by atoms with Crippen molar-refractivity contribution in [2.75, 3.05) is 5.32 Å². The Labute approximate surface area is 146 Å². The van der Waals surface area contributed by atoms with Crippen LogP contribution in [0.2, 0.25) is 0 Å². The van der Waals surface area contributed by atoms with Crippen molar-refractivity contribution in [2.45, 2.75) is 19.0 Å². The molecule has 5 heteroatoms. The van der Waals surface area contributed by atoms with Gasteiger partial charge in [0, 0.05) is 17.8 Å². The molecule has 2 aromatic carbocycles. The lowest BCUT2D eigenvalue weighted by Crippen LogP contribution is -2.37. The summed E-state index contributed by atoms with van der Waals surface area (Å²) >= 11 is 0. The predicted octanol–water partition coefficient (Wildman–Crippen LogP) is 2.35. The van der Waals surface area contributed by atoms with E-state index in [-0.39, 0.29) is 5.91 Å². The molecule has 0 aromatic heterocycles. The molecule has 1 aliphatic heterocycles. The number of nitrogens with one attached hydrogen (secondary N) is 1. The number of carbonyl (C=O) groups is 1. The molecule has 1 amide bonds. The summed E-state index contributed by atoms with van der Waals surface area (Å²) in [5.74, 6) is -0.269. The van der Waals surface area contributed by atoms with E-state index in [0.29, 0.717) is 17.8 Å². The van der Waals surface area contributed by atoms with Gasteiger partial charge in [0.15, 0.2) is 0 Å². The summed E-state index contributed by atoms with van der Waals surface area (Å²) in [5.41, 5.74) is 3.17. The molecule has 2 aromatic rings. The third-order valence-electron chi connectivity index (χ3n) is 4.14. The van der Waals surface area contributed by atoms with Gasteiger partial charge in [0.2, 0.25) is 5.91 Å². The zero-order valence-electron chi connectivity index (χ0n) is 13.7. The Morgan fingerprint density at radius 3 is 2.44 bits per heavy atom. The van der Waals surface area contributed by atoms with E-state index in [1.165, 1.54) is 6.08 Å². The number of benzene rings is 2. The quantitative estimate of drug-likeness (QED) is 0.733. The van der Waals surface area contributed by atoms with Gasteiger partial charge < -0.3 is 15.5 Å². The molecule has 0 aliphatic carbocycles. The SMILES string of the molecule is C=CC(=O)Nc1ccc(CN2C(O)C=C(c3ccccc3)C2O)cc1. The molecule has 0 saturated carbocycles. The summed E-state index contributed by atoms with van der Waals surface area (Å²) in [6, 6.07) is 16.8. The van der Waals surface area contributed by atoms with Crippen molar-refractivity contribution < 1.29 is 15.0 Å². The van der Waals surface area contributed by atoms with Gasteiger partial charge in [-0.15, -0.1) is 0 Å². The van der Waals surface area contributed by atoms with Crippen LogP contribution in [-0.4, -0.2) is 33.5 Å². The molecule has 0 bridgehead atoms. The minimum atomic E-state index is -0.877. The Balaban J connectivity index is 1.69. The Bertz CT molecular complexity index is 784. The molecule has 5 nitrogen and oxygen atoms in total. The van der Waals surface area contributed by atoms with Crippen LogP contribution in [0.15, 0.2) is 73.3 Å². The highest BCUT2D eigenvalue weighted by molar-refractivity contribution is 5.98. The highest BCUT2D eigenvalue weighted by Gasteiger charge is 2.32. The number of hydrogen-bond acceptors (Lipinski definition) is 4. The van der Waals surface area contributed by atoms with Crippen LogP contribution in [0.25, 0.3) is 5.57 Å². The lowest BCUT2D eigenvalue weighted by molar-refractivity contribution is -0.111. The van der Waals surface area contributed by atoms with Crippen molar-refractivity contribution in [1.29, 1.82) is 0 Å². The Morgan fingerprint density at radius 2 is 1.80 bits per heavy atom. The van der Waals surface area contributed by atoms with E-state index < -0.39 is 12.5 Å². The Kier molecular flexibility index (Phi) is 5.09. The fourth-order valence-corrected chi connectivity index (χ4v) is 2.82. The first kappa shape index (κ1) is 17.1. The van der Waals surface area contributed by atoms with Gasteiger partial charge in [-0.25, -0.2) is 4.90 Å². The third kappa shape index (κ3) is 3.85. The number of amides is 1. The normalized spacial score (nSPS) is 20.2. The van der Waals surface area contributed by atoms with Crippen molar-refractivity contribution in [3.63, 3.8) is 0 Å². The maximum Gasteiger partial charge on any atom is 0.247 e. The molecular formula is C20H20N2O3. The lowest BCUT2D eigenvalue weighted by atomic mass is 10.1. The van der Waals surface area contributed by atoms with Crippen LogP contribution < -0.4 is 5.32 Å². The van der Waals surface area contributed by atoms with Crippen LogP contribution in [0.5, 0.6) is 0 Å². The molecule has 0 radical (unpaired) electrons. The van der Waals surface area contributed by atoms with E-state index in [9.17, 15) is 15.0 Å². The monoisotopic (exact) mass is 336 g/mol. The average molecular weight is 336 g/mol. The molecule has 128 valence electrons. The van der Waals surface area contributed by atoms with Gasteiger partial charge in [-0.1, -0.05) is 49.0 Å². The third-order valence-corrected chi connectivity index (χ3v) is 4.14. The summed E-state index contributed by atoms with van der Waals surface area (Å²) in [4.78, 5) is 12.9. The minimum absolute atomic E-state index is 0.269. The van der Waals surface area contributed by atoms with Gasteiger partial charge in [0.05, 0.1) is 0 Å². The Hall–Kier alpha value is -2.73. The second-order valence-electron chi connectivity index (χ2n) is 5.84. The first-order valence-electron chi connectivity index (χ1n) is 8.00. The maximum atomic E-state index is 11.3. The number of aliphatic hydroxyl groups excluding tert-OH is 2. The summed E-state index contributed by atoms with van der Waals surface area (Å²) < 4.78 is 0. The van der Waals surface area contributed by atoms with E-state index in [2.05, 4.69) is 11.9 Å². The van der Waals surface area contributed by atoms with Crippen LogP contribution in [0.4, 0.5) is 5.69 Å². The van der Waals surface area contributed by atoms with E-state index in [1.807, 2.05) is 42.5 Å². The number of nitrogens with zero attached hydrogens (tertiary/aromatic N) is 1. The minimum Gasteiger partial charge on any atom is -0.375 e. The van der Waals surface area contributed by atoms with Crippen LogP contribution in [0, 0.1) is 0 Å². The second-order valence-corrected chi connectivity index (χ2v) is 5.84. The lowest BCUT2D eigenvalue weighted by Gasteiger charge is -2.25. The fourth-order valence-electron chi connectivity index (χ4n) is 2.82. The van der Waals surface area contributed by atoms with Gasteiger partial charge in [0.1, 0.15) is 12.5 Å². The maximum absolute atomic E-state index is 11.3. The van der Waals surface area contributed by atoms with Gasteiger partial charge in [-0.3, -0.25) is 4.79 Å². The van der Waals surface area contributed by atoms with Crippen molar-refractivity contribution in [3.05, 3.63) is 84.5 Å². The number of hydrogen-bond donors (Lipinski definition) is 3. The van der Waals surface area contributed by atoms with Crippen LogP contribution >= 0.6 is 0 Å². The molecule has 3 rings (SSSR count). The first-order chi connectivity index (χ1) is 12.1. The van der Waals surface area contributed by atoms with E-state index in [4.69, 9.17) is 0 Å². The van der Waals surface area contributed by atoms with Crippen LogP contribution in [0.3, 0.4) is 0 Å². The molecule has 2 unspecified atom stereocenters. The van der Waals surface area contributed by atoms with E-state index in [1.54, 1.807) is 23.1 Å². The van der Waals surface area contributed by atoms with Crippen molar-refractivity contribution in [1.82, 2.24) is 4.90 Å². The predicted molar refractivity (Wildman–Crippen MR) is 97.2 cm³/mol. The standard InChI is InChI=1S/C20H20N2O3/c1-2-18(23)21-16-10-8-14(9-11-16)13-22-19(24)12-17(20(22)25)15-6-4-3-5-7-15/h2-12,19-20,24-25H,1,13H2,(H,21,23). The summed E-state index contributed by atoms with van der Waals surface area (Å²) in [5, 5.41) is 23.5. The molecular weight excluding hydrogens is 316 g/mol.